The molecule has 0 bridgehead atoms. The smallest absolute Gasteiger partial charge is 0.399 e. The second-order valence-corrected chi connectivity index (χ2v) is 5.03. The first-order chi connectivity index (χ1) is 8.21. The maximum absolute atomic E-state index is 11.6. The summed E-state index contributed by atoms with van der Waals surface area (Å²) in [4.78, 5) is -0.116. The van der Waals surface area contributed by atoms with Gasteiger partial charge in [-0.3, -0.25) is 4.74 Å². The number of nitrogens with one attached hydrogen (secondary N) is 1. The quantitative estimate of drug-likeness (QED) is 0.626. The van der Waals surface area contributed by atoms with Crippen LogP contribution in [0, 0.1) is 0 Å². The Morgan fingerprint density at radius 3 is 2.56 bits per heavy atom. The first kappa shape index (κ1) is 14.7. The maximum atomic E-state index is 11.6. The fourth-order valence-electron chi connectivity index (χ4n) is 1.11. The van der Waals surface area contributed by atoms with Gasteiger partial charge < -0.3 is 5.73 Å². The predicted molar refractivity (Wildman–Crippen MR) is 58.0 cm³/mol. The van der Waals surface area contributed by atoms with Gasteiger partial charge in [0.05, 0.1) is 11.5 Å². The Morgan fingerprint density at radius 2 is 2.00 bits per heavy atom. The van der Waals surface area contributed by atoms with Crippen molar-refractivity contribution in [2.75, 3.05) is 18.9 Å². The van der Waals surface area contributed by atoms with Crippen LogP contribution in [0.25, 0.3) is 0 Å². The highest BCUT2D eigenvalue weighted by Crippen LogP contribution is 2.15. The zero-order chi connectivity index (χ0) is 13.8. The minimum atomic E-state index is -4.78. The predicted octanol–water partition coefficient (Wildman–Crippen LogP) is 1.08. The number of halogens is 3. The van der Waals surface area contributed by atoms with Crippen LogP contribution < -0.4 is 10.5 Å². The molecule has 0 aliphatic heterocycles. The maximum Gasteiger partial charge on any atom is 0.522 e. The van der Waals surface area contributed by atoms with Gasteiger partial charge in [0.15, 0.2) is 0 Å². The van der Waals surface area contributed by atoms with Gasteiger partial charge in [0.25, 0.3) is 0 Å². The molecule has 0 amide bonds. The van der Waals surface area contributed by atoms with Gasteiger partial charge in [-0.25, -0.2) is 13.1 Å². The van der Waals surface area contributed by atoms with E-state index < -0.39 is 29.5 Å². The number of anilines is 1. The summed E-state index contributed by atoms with van der Waals surface area (Å²) >= 11 is 0. The number of ether oxygens (including phenoxy) is 1. The topological polar surface area (TPSA) is 81.4 Å². The summed E-state index contributed by atoms with van der Waals surface area (Å²) in [7, 11) is -3.88. The highest BCUT2D eigenvalue weighted by molar-refractivity contribution is 7.89. The van der Waals surface area contributed by atoms with E-state index in [0.29, 0.717) is 0 Å². The van der Waals surface area contributed by atoms with Crippen molar-refractivity contribution in [2.24, 2.45) is 0 Å². The lowest BCUT2D eigenvalue weighted by Crippen LogP contribution is -2.29. The number of rotatable bonds is 5. The third kappa shape index (κ3) is 4.90. The van der Waals surface area contributed by atoms with Crippen LogP contribution in [0.1, 0.15) is 0 Å². The lowest BCUT2D eigenvalue weighted by molar-refractivity contribution is -0.323. The number of hydrogen-bond donors (Lipinski definition) is 2. The van der Waals surface area contributed by atoms with Crippen molar-refractivity contribution in [3.8, 4) is 0 Å². The second kappa shape index (κ2) is 5.55. The SMILES string of the molecule is Nc1cccc(S(=O)(=O)NCCOC(F)(F)F)c1. The molecule has 1 aromatic carbocycles. The van der Waals surface area contributed by atoms with Crippen molar-refractivity contribution in [1.29, 1.82) is 0 Å². The van der Waals surface area contributed by atoms with E-state index in [-0.39, 0.29) is 10.6 Å². The molecular formula is C9H11F3N2O3S. The van der Waals surface area contributed by atoms with E-state index in [9.17, 15) is 21.6 Å². The van der Waals surface area contributed by atoms with Crippen molar-refractivity contribution in [3.63, 3.8) is 0 Å². The largest absolute Gasteiger partial charge is 0.522 e. The number of nitrogens with two attached hydrogens (primary N) is 1. The molecule has 1 aromatic rings. The van der Waals surface area contributed by atoms with Crippen LogP contribution in [-0.4, -0.2) is 27.9 Å². The highest BCUT2D eigenvalue weighted by atomic mass is 32.2. The van der Waals surface area contributed by atoms with Crippen molar-refractivity contribution in [2.45, 2.75) is 11.3 Å². The minimum absolute atomic E-state index is 0.116. The van der Waals surface area contributed by atoms with Crippen molar-refractivity contribution >= 4 is 15.7 Å². The fraction of sp³-hybridized carbons (Fsp3) is 0.333. The van der Waals surface area contributed by atoms with Gasteiger partial charge in [-0.05, 0) is 18.2 Å². The number of sulfonamides is 1. The molecule has 9 heteroatoms. The van der Waals surface area contributed by atoms with Crippen molar-refractivity contribution in [3.05, 3.63) is 24.3 Å². The van der Waals surface area contributed by atoms with Crippen LogP contribution in [0.5, 0.6) is 0 Å². The zero-order valence-electron chi connectivity index (χ0n) is 9.07. The Balaban J connectivity index is 2.56. The summed E-state index contributed by atoms with van der Waals surface area (Å²) in [5, 5.41) is 0. The van der Waals surface area contributed by atoms with E-state index in [1.165, 1.54) is 24.3 Å². The summed E-state index contributed by atoms with van der Waals surface area (Å²) in [6.07, 6.45) is -4.78. The first-order valence-corrected chi connectivity index (χ1v) is 6.25. The Hall–Kier alpha value is -1.32. The molecule has 0 heterocycles. The molecule has 0 radical (unpaired) electrons. The molecule has 0 fully saturated rings. The summed E-state index contributed by atoms with van der Waals surface area (Å²) in [6.45, 7) is -1.29. The molecule has 0 atom stereocenters. The summed E-state index contributed by atoms with van der Waals surface area (Å²) < 4.78 is 63.5. The van der Waals surface area contributed by atoms with E-state index in [2.05, 4.69) is 4.74 Å². The number of benzene rings is 1. The lowest BCUT2D eigenvalue weighted by atomic mass is 10.3. The summed E-state index contributed by atoms with van der Waals surface area (Å²) in [5.74, 6) is 0. The Labute approximate surface area is 102 Å². The van der Waals surface area contributed by atoms with Crippen LogP contribution in [0.15, 0.2) is 29.2 Å². The zero-order valence-corrected chi connectivity index (χ0v) is 9.88. The van der Waals surface area contributed by atoms with Crippen LogP contribution in [-0.2, 0) is 14.8 Å². The van der Waals surface area contributed by atoms with E-state index in [1.807, 2.05) is 4.72 Å². The molecule has 0 spiro atoms. The molecule has 0 aliphatic carbocycles. The molecule has 0 unspecified atom stereocenters. The summed E-state index contributed by atoms with van der Waals surface area (Å²) in [5.41, 5.74) is 5.64. The minimum Gasteiger partial charge on any atom is -0.399 e. The normalized spacial score (nSPS) is 12.6. The van der Waals surface area contributed by atoms with E-state index in [4.69, 9.17) is 5.73 Å². The van der Waals surface area contributed by atoms with Gasteiger partial charge in [-0.1, -0.05) is 6.07 Å². The molecule has 0 saturated heterocycles. The standard InChI is InChI=1S/C9H11F3N2O3S/c10-9(11,12)17-5-4-14-18(15,16)8-3-1-2-7(13)6-8/h1-3,6,14H,4-5,13H2. The third-order valence-electron chi connectivity index (χ3n) is 1.83. The molecule has 102 valence electrons. The van der Waals surface area contributed by atoms with Crippen LogP contribution in [0.3, 0.4) is 0 Å². The molecule has 0 aromatic heterocycles. The monoisotopic (exact) mass is 284 g/mol. The van der Waals surface area contributed by atoms with Crippen LogP contribution in [0.2, 0.25) is 0 Å². The first-order valence-electron chi connectivity index (χ1n) is 4.76. The molecule has 1 rings (SSSR count). The number of hydrogen-bond acceptors (Lipinski definition) is 4. The Kier molecular flexibility index (Phi) is 4.54. The lowest BCUT2D eigenvalue weighted by Gasteiger charge is -2.09. The van der Waals surface area contributed by atoms with Gasteiger partial charge >= 0.3 is 6.36 Å². The fourth-order valence-corrected chi connectivity index (χ4v) is 2.18. The number of alkyl halides is 3. The van der Waals surface area contributed by atoms with E-state index in [0.717, 1.165) is 0 Å². The molecule has 3 N–H and O–H groups in total. The molecule has 0 aliphatic rings. The Morgan fingerprint density at radius 1 is 1.33 bits per heavy atom. The van der Waals surface area contributed by atoms with Gasteiger partial charge in [-0.2, -0.15) is 0 Å². The van der Waals surface area contributed by atoms with Gasteiger partial charge in [0, 0.05) is 12.2 Å². The van der Waals surface area contributed by atoms with Crippen molar-refractivity contribution < 1.29 is 26.3 Å². The van der Waals surface area contributed by atoms with Crippen LogP contribution >= 0.6 is 0 Å². The number of nitrogen functional groups attached to an aromatic ring is 1. The third-order valence-corrected chi connectivity index (χ3v) is 3.29. The average molecular weight is 284 g/mol. The van der Waals surface area contributed by atoms with Crippen molar-refractivity contribution in [1.82, 2.24) is 4.72 Å². The molecule has 5 nitrogen and oxygen atoms in total. The van der Waals surface area contributed by atoms with Gasteiger partial charge in [0.2, 0.25) is 10.0 Å². The molecule has 18 heavy (non-hydrogen) atoms. The summed E-state index contributed by atoms with van der Waals surface area (Å²) in [6, 6.07) is 5.40. The van der Waals surface area contributed by atoms with E-state index >= 15 is 0 Å². The van der Waals surface area contributed by atoms with Gasteiger partial charge in [0.1, 0.15) is 0 Å². The molecule has 0 saturated carbocycles. The Bertz CT molecular complexity index is 502. The molecular weight excluding hydrogens is 273 g/mol. The second-order valence-electron chi connectivity index (χ2n) is 3.26. The van der Waals surface area contributed by atoms with E-state index in [1.54, 1.807) is 0 Å². The van der Waals surface area contributed by atoms with Crippen LogP contribution in [0.4, 0.5) is 18.9 Å². The van der Waals surface area contributed by atoms with Gasteiger partial charge in [-0.15, -0.1) is 13.2 Å². The average Bonchev–Trinajstić information content (AvgIpc) is 2.23. The highest BCUT2D eigenvalue weighted by Gasteiger charge is 2.28.